The summed E-state index contributed by atoms with van der Waals surface area (Å²) in [7, 11) is 0. The predicted molar refractivity (Wildman–Crippen MR) is 72.1 cm³/mol. The second-order valence-corrected chi connectivity index (χ2v) is 4.64. The molecule has 0 bridgehead atoms. The lowest BCUT2D eigenvalue weighted by atomic mass is 10.2. The Balaban J connectivity index is 2.57. The van der Waals surface area contributed by atoms with E-state index < -0.39 is 5.92 Å². The molecule has 1 aromatic heterocycles. The van der Waals surface area contributed by atoms with Crippen molar-refractivity contribution in [1.82, 2.24) is 9.55 Å². The van der Waals surface area contributed by atoms with Crippen LogP contribution in [0.2, 0.25) is 0 Å². The molecule has 1 heterocycles. The number of hydrogen-bond acceptors (Lipinski definition) is 3. The number of nitrogens with zero attached hydrogens (tertiary/aromatic N) is 4. The van der Waals surface area contributed by atoms with Gasteiger partial charge in [0.2, 0.25) is 0 Å². The fourth-order valence-corrected chi connectivity index (χ4v) is 2.16. The Bertz CT molecular complexity index is 618. The maximum atomic E-state index is 9.02. The van der Waals surface area contributed by atoms with Crippen molar-refractivity contribution >= 4 is 27.0 Å². The monoisotopic (exact) mass is 302 g/mol. The summed E-state index contributed by atoms with van der Waals surface area (Å²) in [5.74, 6) is -0.269. The van der Waals surface area contributed by atoms with Crippen molar-refractivity contribution < 1.29 is 0 Å². The van der Waals surface area contributed by atoms with Gasteiger partial charge in [0.15, 0.2) is 5.92 Å². The first-order valence-electron chi connectivity index (χ1n) is 5.62. The summed E-state index contributed by atoms with van der Waals surface area (Å²) in [6.45, 7) is 0.751. The quantitative estimate of drug-likeness (QED) is 0.816. The van der Waals surface area contributed by atoms with Gasteiger partial charge in [-0.25, -0.2) is 4.98 Å². The molecule has 0 saturated carbocycles. The van der Waals surface area contributed by atoms with Crippen LogP contribution >= 0.6 is 15.9 Å². The summed E-state index contributed by atoms with van der Waals surface area (Å²) in [5, 5.41) is 18.9. The number of rotatable bonds is 4. The average Bonchev–Trinajstić information content (AvgIpc) is 2.76. The highest BCUT2D eigenvalue weighted by molar-refractivity contribution is 9.09. The standard InChI is InChI=1S/C13H11BrN4/c14-6-3-7-18-12-5-2-1-4-11(12)17-13(18)10(8-15)9-16/h1-2,4-5,10H,3,6-7H2. The molecule has 90 valence electrons. The summed E-state index contributed by atoms with van der Waals surface area (Å²) in [4.78, 5) is 4.41. The van der Waals surface area contributed by atoms with Crippen molar-refractivity contribution in [3.8, 4) is 12.1 Å². The molecule has 0 saturated heterocycles. The van der Waals surface area contributed by atoms with E-state index in [0.29, 0.717) is 5.82 Å². The normalized spacial score (nSPS) is 10.4. The maximum Gasteiger partial charge on any atom is 0.190 e. The largest absolute Gasteiger partial charge is 0.326 e. The average molecular weight is 303 g/mol. The highest BCUT2D eigenvalue weighted by atomic mass is 79.9. The number of aryl methyl sites for hydroxylation is 1. The van der Waals surface area contributed by atoms with Gasteiger partial charge in [0, 0.05) is 11.9 Å². The zero-order valence-electron chi connectivity index (χ0n) is 9.67. The Hall–Kier alpha value is -1.85. The third kappa shape index (κ3) is 2.23. The molecule has 0 amide bonds. The molecule has 0 radical (unpaired) electrons. The zero-order valence-corrected chi connectivity index (χ0v) is 11.3. The second-order valence-electron chi connectivity index (χ2n) is 3.84. The fraction of sp³-hybridized carbons (Fsp3) is 0.308. The van der Waals surface area contributed by atoms with Crippen LogP contribution in [0.25, 0.3) is 11.0 Å². The number of para-hydroxylation sites is 2. The summed E-state index contributed by atoms with van der Waals surface area (Å²) >= 11 is 3.39. The SMILES string of the molecule is N#CC(C#N)c1nc2ccccc2n1CCCBr. The van der Waals surface area contributed by atoms with Gasteiger partial charge < -0.3 is 4.57 Å². The van der Waals surface area contributed by atoms with Crippen molar-refractivity contribution in [3.05, 3.63) is 30.1 Å². The van der Waals surface area contributed by atoms with Crippen LogP contribution in [0, 0.1) is 22.7 Å². The molecule has 2 rings (SSSR count). The minimum absolute atomic E-state index is 0.544. The van der Waals surface area contributed by atoms with Gasteiger partial charge in [-0.1, -0.05) is 28.1 Å². The summed E-state index contributed by atoms with van der Waals surface area (Å²) in [6, 6.07) is 11.7. The molecule has 18 heavy (non-hydrogen) atoms. The molecule has 0 spiro atoms. The lowest BCUT2D eigenvalue weighted by Crippen LogP contribution is -2.07. The van der Waals surface area contributed by atoms with E-state index >= 15 is 0 Å². The van der Waals surface area contributed by atoms with E-state index in [4.69, 9.17) is 10.5 Å². The Morgan fingerprint density at radius 1 is 1.28 bits per heavy atom. The van der Waals surface area contributed by atoms with Gasteiger partial charge in [0.05, 0.1) is 23.2 Å². The third-order valence-corrected chi connectivity index (χ3v) is 3.28. The number of fused-ring (bicyclic) bond motifs is 1. The van der Waals surface area contributed by atoms with E-state index in [1.807, 2.05) is 41.0 Å². The Kier molecular flexibility index (Phi) is 3.96. The topological polar surface area (TPSA) is 65.4 Å². The van der Waals surface area contributed by atoms with Crippen LogP contribution in [0.5, 0.6) is 0 Å². The number of benzene rings is 1. The van der Waals surface area contributed by atoms with E-state index in [9.17, 15) is 0 Å². The van der Waals surface area contributed by atoms with Crippen LogP contribution in [-0.2, 0) is 6.54 Å². The van der Waals surface area contributed by atoms with Crippen LogP contribution in [0.4, 0.5) is 0 Å². The maximum absolute atomic E-state index is 9.02. The minimum atomic E-state index is -0.812. The molecule has 0 aliphatic heterocycles. The first-order chi connectivity index (χ1) is 8.81. The van der Waals surface area contributed by atoms with Crippen LogP contribution in [0.15, 0.2) is 24.3 Å². The molecule has 0 unspecified atom stereocenters. The number of alkyl halides is 1. The first kappa shape index (κ1) is 12.6. The summed E-state index contributed by atoms with van der Waals surface area (Å²) in [5.41, 5.74) is 1.81. The first-order valence-corrected chi connectivity index (χ1v) is 6.74. The smallest absolute Gasteiger partial charge is 0.190 e. The molecule has 0 fully saturated rings. The van der Waals surface area contributed by atoms with E-state index in [1.54, 1.807) is 0 Å². The van der Waals surface area contributed by atoms with Gasteiger partial charge in [0.25, 0.3) is 0 Å². The fourth-order valence-electron chi connectivity index (χ4n) is 1.91. The summed E-state index contributed by atoms with van der Waals surface area (Å²) in [6.07, 6.45) is 0.928. The summed E-state index contributed by atoms with van der Waals surface area (Å²) < 4.78 is 1.97. The van der Waals surface area contributed by atoms with Crippen molar-refractivity contribution in [2.24, 2.45) is 0 Å². The van der Waals surface area contributed by atoms with Crippen molar-refractivity contribution in [1.29, 1.82) is 10.5 Å². The van der Waals surface area contributed by atoms with Gasteiger partial charge >= 0.3 is 0 Å². The van der Waals surface area contributed by atoms with E-state index in [1.165, 1.54) is 0 Å². The zero-order chi connectivity index (χ0) is 13.0. The molecule has 0 aliphatic rings. The minimum Gasteiger partial charge on any atom is -0.326 e. The molecule has 2 aromatic rings. The number of imidazole rings is 1. The highest BCUT2D eigenvalue weighted by Gasteiger charge is 2.18. The molecule has 0 atom stereocenters. The molecular formula is C13H11BrN4. The van der Waals surface area contributed by atoms with Crippen LogP contribution < -0.4 is 0 Å². The number of halogens is 1. The van der Waals surface area contributed by atoms with Crippen LogP contribution in [0.3, 0.4) is 0 Å². The molecule has 0 aliphatic carbocycles. The second kappa shape index (κ2) is 5.66. The van der Waals surface area contributed by atoms with Gasteiger partial charge in [-0.15, -0.1) is 0 Å². The van der Waals surface area contributed by atoms with Gasteiger partial charge in [0.1, 0.15) is 5.82 Å². The van der Waals surface area contributed by atoms with Crippen molar-refractivity contribution in [3.63, 3.8) is 0 Å². The lowest BCUT2D eigenvalue weighted by Gasteiger charge is -2.07. The van der Waals surface area contributed by atoms with E-state index in [-0.39, 0.29) is 0 Å². The Morgan fingerprint density at radius 3 is 2.67 bits per heavy atom. The van der Waals surface area contributed by atoms with E-state index in [0.717, 1.165) is 29.3 Å². The molecule has 0 N–H and O–H groups in total. The lowest BCUT2D eigenvalue weighted by molar-refractivity contribution is 0.663. The molecule has 4 nitrogen and oxygen atoms in total. The number of hydrogen-bond donors (Lipinski definition) is 0. The van der Waals surface area contributed by atoms with Crippen LogP contribution in [-0.4, -0.2) is 14.9 Å². The van der Waals surface area contributed by atoms with Gasteiger partial charge in [-0.05, 0) is 18.6 Å². The van der Waals surface area contributed by atoms with Crippen LogP contribution in [0.1, 0.15) is 18.2 Å². The van der Waals surface area contributed by atoms with E-state index in [2.05, 4.69) is 20.9 Å². The molecule has 1 aromatic carbocycles. The third-order valence-electron chi connectivity index (χ3n) is 2.72. The number of nitriles is 2. The van der Waals surface area contributed by atoms with Gasteiger partial charge in [-0.2, -0.15) is 10.5 Å². The molecule has 5 heteroatoms. The Morgan fingerprint density at radius 2 is 2.00 bits per heavy atom. The van der Waals surface area contributed by atoms with Gasteiger partial charge in [-0.3, -0.25) is 0 Å². The highest BCUT2D eigenvalue weighted by Crippen LogP contribution is 2.22. The Labute approximate surface area is 114 Å². The predicted octanol–water partition coefficient (Wildman–Crippen LogP) is 2.95. The van der Waals surface area contributed by atoms with Crippen molar-refractivity contribution in [2.45, 2.75) is 18.9 Å². The van der Waals surface area contributed by atoms with Crippen molar-refractivity contribution in [2.75, 3.05) is 5.33 Å². The number of aromatic nitrogens is 2. The molecular weight excluding hydrogens is 292 g/mol.